The van der Waals surface area contributed by atoms with Crippen molar-refractivity contribution in [1.29, 1.82) is 0 Å². The first-order chi connectivity index (χ1) is 11.6. The van der Waals surface area contributed by atoms with Gasteiger partial charge in [0.15, 0.2) is 0 Å². The molecule has 4 fully saturated rings. The number of fused-ring (bicyclic) bond motifs is 1. The maximum atomic E-state index is 13.0. The molecule has 7 unspecified atom stereocenters. The highest BCUT2D eigenvalue weighted by Crippen LogP contribution is 2.37. The van der Waals surface area contributed by atoms with Gasteiger partial charge in [0, 0.05) is 24.2 Å². The fraction of sp³-hybridized carbons (Fsp3) is 0.947. The molecule has 4 N–H and O–H groups in total. The third-order valence-electron chi connectivity index (χ3n) is 6.91. The minimum Gasteiger partial charge on any atom is -0.350 e. The van der Waals surface area contributed by atoms with Crippen molar-refractivity contribution in [2.45, 2.75) is 82.6 Å². The fourth-order valence-electron chi connectivity index (χ4n) is 5.22. The minimum absolute atomic E-state index is 0.0202. The van der Waals surface area contributed by atoms with Gasteiger partial charge in [0.2, 0.25) is 5.91 Å². The van der Waals surface area contributed by atoms with Gasteiger partial charge in [-0.1, -0.05) is 13.8 Å². The maximum Gasteiger partial charge on any atom is 0.237 e. The standard InChI is InChI=1S/C19H34N4O/c1-11-4-3-8-21-17(11)18(13-5-6-13)23-19(24)15-10-14-16(22-15)12(2)7-9-20-14/h11-18,20-22H,3-10H2,1-2H3,(H,23,24). The van der Waals surface area contributed by atoms with Crippen LogP contribution in [0.3, 0.4) is 0 Å². The summed E-state index contributed by atoms with van der Waals surface area (Å²) in [7, 11) is 0. The highest BCUT2D eigenvalue weighted by molar-refractivity contribution is 5.82. The number of amides is 1. The highest BCUT2D eigenvalue weighted by atomic mass is 16.2. The molecule has 0 aromatic rings. The summed E-state index contributed by atoms with van der Waals surface area (Å²) in [5, 5.41) is 14.4. The monoisotopic (exact) mass is 334 g/mol. The van der Waals surface area contributed by atoms with Gasteiger partial charge in [0.05, 0.1) is 6.04 Å². The van der Waals surface area contributed by atoms with Crippen LogP contribution in [0.25, 0.3) is 0 Å². The van der Waals surface area contributed by atoms with Gasteiger partial charge in [-0.2, -0.15) is 0 Å². The normalized spacial score (nSPS) is 43.9. The Morgan fingerprint density at radius 3 is 2.58 bits per heavy atom. The predicted molar refractivity (Wildman–Crippen MR) is 95.7 cm³/mol. The Morgan fingerprint density at radius 2 is 1.88 bits per heavy atom. The molecular weight excluding hydrogens is 300 g/mol. The van der Waals surface area contributed by atoms with E-state index in [0.717, 1.165) is 19.5 Å². The van der Waals surface area contributed by atoms with E-state index in [0.29, 0.717) is 41.9 Å². The molecule has 136 valence electrons. The number of hydrogen-bond acceptors (Lipinski definition) is 4. The van der Waals surface area contributed by atoms with Gasteiger partial charge in [0.25, 0.3) is 0 Å². The van der Waals surface area contributed by atoms with Crippen LogP contribution in [0.2, 0.25) is 0 Å². The second kappa shape index (κ2) is 6.93. The zero-order valence-electron chi connectivity index (χ0n) is 15.2. The summed E-state index contributed by atoms with van der Waals surface area (Å²) in [5.74, 6) is 2.24. The summed E-state index contributed by atoms with van der Waals surface area (Å²) in [5.41, 5.74) is 0. The number of nitrogens with one attached hydrogen (secondary N) is 4. The molecule has 1 amide bonds. The van der Waals surface area contributed by atoms with E-state index in [4.69, 9.17) is 0 Å². The molecule has 24 heavy (non-hydrogen) atoms. The lowest BCUT2D eigenvalue weighted by Crippen LogP contribution is -2.58. The van der Waals surface area contributed by atoms with E-state index in [9.17, 15) is 4.79 Å². The maximum absolute atomic E-state index is 13.0. The number of rotatable bonds is 4. The van der Waals surface area contributed by atoms with Gasteiger partial charge in [0.1, 0.15) is 0 Å². The SMILES string of the molecule is CC1CCNC2CC(C(=O)NC(C3CC3)C3NCCCC3C)NC12. The summed E-state index contributed by atoms with van der Waals surface area (Å²) < 4.78 is 0. The molecule has 0 aromatic carbocycles. The first kappa shape index (κ1) is 16.8. The number of hydrogen-bond donors (Lipinski definition) is 4. The van der Waals surface area contributed by atoms with Crippen molar-refractivity contribution in [3.8, 4) is 0 Å². The molecule has 3 heterocycles. The summed E-state index contributed by atoms with van der Waals surface area (Å²) in [4.78, 5) is 13.0. The Hall–Kier alpha value is -0.650. The topological polar surface area (TPSA) is 65.2 Å². The average Bonchev–Trinajstić information content (AvgIpc) is 3.31. The second-order valence-corrected chi connectivity index (χ2v) is 8.78. The van der Waals surface area contributed by atoms with Crippen LogP contribution in [0.15, 0.2) is 0 Å². The predicted octanol–water partition coefficient (Wildman–Crippen LogP) is 0.998. The second-order valence-electron chi connectivity index (χ2n) is 8.78. The number of carbonyl (C=O) groups is 1. The van der Waals surface area contributed by atoms with Crippen molar-refractivity contribution in [1.82, 2.24) is 21.3 Å². The van der Waals surface area contributed by atoms with Gasteiger partial charge in [-0.15, -0.1) is 0 Å². The highest BCUT2D eigenvalue weighted by Gasteiger charge is 2.44. The zero-order valence-corrected chi connectivity index (χ0v) is 15.2. The molecule has 0 spiro atoms. The van der Waals surface area contributed by atoms with Crippen molar-refractivity contribution in [3.63, 3.8) is 0 Å². The van der Waals surface area contributed by atoms with Gasteiger partial charge in [-0.25, -0.2) is 0 Å². The molecule has 0 bridgehead atoms. The molecule has 0 radical (unpaired) electrons. The number of piperidine rings is 2. The van der Waals surface area contributed by atoms with E-state index < -0.39 is 0 Å². The van der Waals surface area contributed by atoms with Gasteiger partial charge >= 0.3 is 0 Å². The van der Waals surface area contributed by atoms with Crippen LogP contribution >= 0.6 is 0 Å². The minimum atomic E-state index is -0.0202. The van der Waals surface area contributed by atoms with Crippen molar-refractivity contribution in [3.05, 3.63) is 0 Å². The lowest BCUT2D eigenvalue weighted by atomic mass is 9.85. The quantitative estimate of drug-likeness (QED) is 0.619. The smallest absolute Gasteiger partial charge is 0.237 e. The summed E-state index contributed by atoms with van der Waals surface area (Å²) in [6.07, 6.45) is 7.24. The van der Waals surface area contributed by atoms with Gasteiger partial charge in [-0.3, -0.25) is 4.79 Å². The molecule has 5 nitrogen and oxygen atoms in total. The van der Waals surface area contributed by atoms with Gasteiger partial charge < -0.3 is 21.3 Å². The molecule has 0 aromatic heterocycles. The van der Waals surface area contributed by atoms with Crippen molar-refractivity contribution >= 4 is 5.91 Å². The summed E-state index contributed by atoms with van der Waals surface area (Å²) in [6, 6.07) is 1.68. The van der Waals surface area contributed by atoms with E-state index in [2.05, 4.69) is 35.1 Å². The molecule has 1 aliphatic carbocycles. The van der Waals surface area contributed by atoms with Crippen LogP contribution < -0.4 is 21.3 Å². The largest absolute Gasteiger partial charge is 0.350 e. The first-order valence-corrected chi connectivity index (χ1v) is 10.2. The molecule has 5 heteroatoms. The summed E-state index contributed by atoms with van der Waals surface area (Å²) >= 11 is 0. The Labute approximate surface area is 146 Å². The third-order valence-corrected chi connectivity index (χ3v) is 6.91. The lowest BCUT2D eigenvalue weighted by Gasteiger charge is -2.37. The third kappa shape index (κ3) is 3.35. The molecule has 4 rings (SSSR count). The lowest BCUT2D eigenvalue weighted by molar-refractivity contribution is -0.124. The molecule has 3 aliphatic heterocycles. The molecule has 7 atom stereocenters. The Balaban J connectivity index is 1.39. The van der Waals surface area contributed by atoms with Crippen LogP contribution in [-0.2, 0) is 4.79 Å². The van der Waals surface area contributed by atoms with Crippen molar-refractivity contribution in [2.75, 3.05) is 13.1 Å². The van der Waals surface area contributed by atoms with Gasteiger partial charge in [-0.05, 0) is 69.4 Å². The van der Waals surface area contributed by atoms with Crippen LogP contribution in [0.1, 0.15) is 52.4 Å². The van der Waals surface area contributed by atoms with E-state index in [1.54, 1.807) is 0 Å². The summed E-state index contributed by atoms with van der Waals surface area (Å²) in [6.45, 7) is 6.84. The van der Waals surface area contributed by atoms with Crippen LogP contribution in [0.5, 0.6) is 0 Å². The van der Waals surface area contributed by atoms with Crippen LogP contribution in [-0.4, -0.2) is 49.2 Å². The molecular formula is C19H34N4O. The van der Waals surface area contributed by atoms with Crippen LogP contribution in [0, 0.1) is 17.8 Å². The first-order valence-electron chi connectivity index (χ1n) is 10.2. The Bertz CT molecular complexity index is 466. The molecule has 1 saturated carbocycles. The average molecular weight is 335 g/mol. The van der Waals surface area contributed by atoms with E-state index in [1.807, 2.05) is 0 Å². The van der Waals surface area contributed by atoms with E-state index >= 15 is 0 Å². The Kier molecular flexibility index (Phi) is 4.85. The van der Waals surface area contributed by atoms with Crippen molar-refractivity contribution < 1.29 is 4.79 Å². The zero-order chi connectivity index (χ0) is 16.7. The molecule has 4 aliphatic rings. The molecule has 3 saturated heterocycles. The Morgan fingerprint density at radius 1 is 1.04 bits per heavy atom. The van der Waals surface area contributed by atoms with Crippen molar-refractivity contribution in [2.24, 2.45) is 17.8 Å². The van der Waals surface area contributed by atoms with E-state index in [-0.39, 0.29) is 11.9 Å². The number of carbonyl (C=O) groups excluding carboxylic acids is 1. The van der Waals surface area contributed by atoms with Crippen LogP contribution in [0.4, 0.5) is 0 Å². The fourth-order valence-corrected chi connectivity index (χ4v) is 5.22. The van der Waals surface area contributed by atoms with E-state index in [1.165, 1.54) is 32.1 Å².